The van der Waals surface area contributed by atoms with Gasteiger partial charge in [-0.2, -0.15) is 0 Å². The summed E-state index contributed by atoms with van der Waals surface area (Å²) in [5.74, 6) is 2.29. The van der Waals surface area contributed by atoms with E-state index in [9.17, 15) is 4.79 Å². The lowest BCUT2D eigenvalue weighted by Gasteiger charge is -2.47. The smallest absolute Gasteiger partial charge is 0.156 e. The molecule has 0 aliphatic heterocycles. The van der Waals surface area contributed by atoms with Crippen LogP contribution < -0.4 is 0 Å². The maximum absolute atomic E-state index is 11.7. The van der Waals surface area contributed by atoms with E-state index in [1.165, 1.54) is 18.4 Å². The summed E-state index contributed by atoms with van der Waals surface area (Å²) >= 11 is 0. The van der Waals surface area contributed by atoms with E-state index < -0.39 is 0 Å². The second kappa shape index (κ2) is 4.67. The maximum Gasteiger partial charge on any atom is 0.156 e. The minimum absolute atomic E-state index is 0.101. The molecule has 1 saturated carbocycles. The molecule has 0 radical (unpaired) electrons. The van der Waals surface area contributed by atoms with Crippen molar-refractivity contribution in [3.8, 4) is 0 Å². The number of ether oxygens (including phenoxy) is 1. The molecule has 0 aromatic heterocycles. The standard InChI is InChI=1S/C19H24O2/c1-19-10-9-13(20)11-12(19)3-4-15-14-6-8-18(21-2)16(14)5-7-17(15)19/h3-4,7,11,14-16,18H,5-6,8-10H2,1-2H3. The van der Waals surface area contributed by atoms with Crippen LogP contribution >= 0.6 is 0 Å². The van der Waals surface area contributed by atoms with Gasteiger partial charge in [0, 0.05) is 24.9 Å². The zero-order valence-electron chi connectivity index (χ0n) is 13.0. The minimum Gasteiger partial charge on any atom is -0.381 e. The van der Waals surface area contributed by atoms with Gasteiger partial charge in [0.15, 0.2) is 5.78 Å². The monoisotopic (exact) mass is 284 g/mol. The van der Waals surface area contributed by atoms with Gasteiger partial charge in [-0.1, -0.05) is 30.7 Å². The van der Waals surface area contributed by atoms with Gasteiger partial charge in [-0.25, -0.2) is 0 Å². The Bertz CT molecular complexity index is 568. The Morgan fingerprint density at radius 2 is 2.14 bits per heavy atom. The Morgan fingerprint density at radius 1 is 1.29 bits per heavy atom. The van der Waals surface area contributed by atoms with E-state index in [1.54, 1.807) is 5.57 Å². The van der Waals surface area contributed by atoms with Crippen LogP contribution in [0, 0.1) is 23.2 Å². The molecule has 0 amide bonds. The highest BCUT2D eigenvalue weighted by atomic mass is 16.5. The highest BCUT2D eigenvalue weighted by Crippen LogP contribution is 2.57. The van der Waals surface area contributed by atoms with Crippen molar-refractivity contribution in [1.82, 2.24) is 0 Å². The Balaban J connectivity index is 1.74. The molecule has 0 spiro atoms. The largest absolute Gasteiger partial charge is 0.381 e. The molecule has 0 aromatic rings. The average Bonchev–Trinajstić information content (AvgIpc) is 2.91. The van der Waals surface area contributed by atoms with Gasteiger partial charge in [-0.15, -0.1) is 0 Å². The summed E-state index contributed by atoms with van der Waals surface area (Å²) in [5.41, 5.74) is 2.92. The topological polar surface area (TPSA) is 26.3 Å². The first kappa shape index (κ1) is 13.5. The predicted molar refractivity (Wildman–Crippen MR) is 82.8 cm³/mol. The Hall–Kier alpha value is -1.15. The second-order valence-electron chi connectivity index (χ2n) is 7.36. The molecule has 0 N–H and O–H groups in total. The third-order valence-corrected chi connectivity index (χ3v) is 6.49. The minimum atomic E-state index is 0.101. The van der Waals surface area contributed by atoms with Crippen LogP contribution in [0.5, 0.6) is 0 Å². The van der Waals surface area contributed by atoms with Crippen molar-refractivity contribution in [2.45, 2.75) is 45.1 Å². The third kappa shape index (κ3) is 1.85. The fraction of sp³-hybridized carbons (Fsp3) is 0.632. The molecule has 0 aromatic carbocycles. The Morgan fingerprint density at radius 3 is 2.95 bits per heavy atom. The SMILES string of the molecule is COC1CCC2C3C=CC4=CC(=O)CCC4(C)C3=CCC12. The molecule has 5 unspecified atom stereocenters. The summed E-state index contributed by atoms with van der Waals surface area (Å²) in [6, 6.07) is 0. The number of fused-ring (bicyclic) bond motifs is 5. The van der Waals surface area contributed by atoms with Crippen molar-refractivity contribution in [1.29, 1.82) is 0 Å². The number of ketones is 1. The molecule has 4 rings (SSSR count). The molecule has 0 saturated heterocycles. The van der Waals surface area contributed by atoms with E-state index in [0.717, 1.165) is 18.8 Å². The van der Waals surface area contributed by atoms with Crippen LogP contribution in [0.3, 0.4) is 0 Å². The van der Waals surface area contributed by atoms with Crippen molar-refractivity contribution in [3.05, 3.63) is 35.5 Å². The van der Waals surface area contributed by atoms with Crippen molar-refractivity contribution >= 4 is 5.78 Å². The average molecular weight is 284 g/mol. The number of carbonyl (C=O) groups excluding carboxylic acids is 1. The van der Waals surface area contributed by atoms with E-state index >= 15 is 0 Å². The molecule has 1 fully saturated rings. The normalized spacial score (nSPS) is 44.6. The van der Waals surface area contributed by atoms with Crippen molar-refractivity contribution in [2.75, 3.05) is 7.11 Å². The number of hydrogen-bond acceptors (Lipinski definition) is 2. The van der Waals surface area contributed by atoms with Crippen LogP contribution in [-0.4, -0.2) is 19.0 Å². The number of carbonyl (C=O) groups is 1. The first-order valence-electron chi connectivity index (χ1n) is 8.30. The van der Waals surface area contributed by atoms with Crippen LogP contribution in [0.15, 0.2) is 35.5 Å². The summed E-state index contributed by atoms with van der Waals surface area (Å²) in [7, 11) is 1.86. The van der Waals surface area contributed by atoms with E-state index in [2.05, 4.69) is 25.2 Å². The first-order valence-corrected chi connectivity index (χ1v) is 8.30. The highest BCUT2D eigenvalue weighted by Gasteiger charge is 2.49. The first-order chi connectivity index (χ1) is 10.1. The second-order valence-corrected chi connectivity index (χ2v) is 7.36. The van der Waals surface area contributed by atoms with Gasteiger partial charge in [-0.3, -0.25) is 4.79 Å². The van der Waals surface area contributed by atoms with Crippen LogP contribution in [0.25, 0.3) is 0 Å². The maximum atomic E-state index is 11.7. The van der Waals surface area contributed by atoms with Crippen molar-refractivity contribution in [2.24, 2.45) is 23.2 Å². The number of rotatable bonds is 1. The van der Waals surface area contributed by atoms with Gasteiger partial charge in [0.25, 0.3) is 0 Å². The molecule has 5 atom stereocenters. The Labute approximate surface area is 126 Å². The van der Waals surface area contributed by atoms with Crippen LogP contribution in [0.4, 0.5) is 0 Å². The summed E-state index contributed by atoms with van der Waals surface area (Å²) in [5, 5.41) is 0. The van der Waals surface area contributed by atoms with E-state index in [-0.39, 0.29) is 5.41 Å². The fourth-order valence-electron chi connectivity index (χ4n) is 5.27. The number of hydrogen-bond donors (Lipinski definition) is 0. The number of allylic oxidation sites excluding steroid dienone is 6. The molecule has 0 bridgehead atoms. The van der Waals surface area contributed by atoms with Crippen LogP contribution in [-0.2, 0) is 9.53 Å². The quantitative estimate of drug-likeness (QED) is 0.684. The molecule has 0 heterocycles. The molecular weight excluding hydrogens is 260 g/mol. The van der Waals surface area contributed by atoms with Gasteiger partial charge in [0.2, 0.25) is 0 Å². The van der Waals surface area contributed by atoms with E-state index in [4.69, 9.17) is 4.74 Å². The van der Waals surface area contributed by atoms with E-state index in [1.807, 2.05) is 13.2 Å². The fourth-order valence-corrected chi connectivity index (χ4v) is 5.27. The lowest BCUT2D eigenvalue weighted by Crippen LogP contribution is -2.39. The predicted octanol–water partition coefficient (Wildman–Crippen LogP) is 3.84. The highest BCUT2D eigenvalue weighted by molar-refractivity contribution is 5.92. The molecular formula is C19H24O2. The van der Waals surface area contributed by atoms with Gasteiger partial charge < -0.3 is 4.74 Å². The van der Waals surface area contributed by atoms with Gasteiger partial charge in [-0.05, 0) is 49.2 Å². The third-order valence-electron chi connectivity index (χ3n) is 6.49. The molecule has 21 heavy (non-hydrogen) atoms. The molecule has 2 nitrogen and oxygen atoms in total. The van der Waals surface area contributed by atoms with Gasteiger partial charge in [0.1, 0.15) is 0 Å². The van der Waals surface area contributed by atoms with Crippen LogP contribution in [0.1, 0.15) is 39.0 Å². The summed E-state index contributed by atoms with van der Waals surface area (Å²) < 4.78 is 5.70. The molecule has 4 aliphatic rings. The Kier molecular flexibility index (Phi) is 3.01. The zero-order chi connectivity index (χ0) is 14.6. The summed E-state index contributed by atoms with van der Waals surface area (Å²) in [4.78, 5) is 11.7. The lowest BCUT2D eigenvalue weighted by molar-refractivity contribution is -0.115. The lowest BCUT2D eigenvalue weighted by atomic mass is 9.57. The number of methoxy groups -OCH3 is 1. The zero-order valence-corrected chi connectivity index (χ0v) is 13.0. The van der Waals surface area contributed by atoms with Gasteiger partial charge >= 0.3 is 0 Å². The molecule has 2 heteroatoms. The van der Waals surface area contributed by atoms with Crippen LogP contribution in [0.2, 0.25) is 0 Å². The summed E-state index contributed by atoms with van der Waals surface area (Å²) in [6.07, 6.45) is 14.7. The molecule has 4 aliphatic carbocycles. The van der Waals surface area contributed by atoms with E-state index in [0.29, 0.717) is 30.1 Å². The van der Waals surface area contributed by atoms with Gasteiger partial charge in [0.05, 0.1) is 6.10 Å². The summed E-state index contributed by atoms with van der Waals surface area (Å²) in [6.45, 7) is 2.34. The van der Waals surface area contributed by atoms with Crippen molar-refractivity contribution < 1.29 is 9.53 Å². The van der Waals surface area contributed by atoms with Crippen molar-refractivity contribution in [3.63, 3.8) is 0 Å². The molecule has 112 valence electrons.